The van der Waals surface area contributed by atoms with E-state index in [1.807, 2.05) is 53.9 Å². The molecule has 0 radical (unpaired) electrons. The zero-order valence-corrected chi connectivity index (χ0v) is 11.7. The second-order valence-electron chi connectivity index (χ2n) is 4.69. The van der Waals surface area contributed by atoms with Crippen LogP contribution in [0, 0.1) is 6.92 Å². The van der Waals surface area contributed by atoms with Crippen molar-refractivity contribution in [3.8, 4) is 11.6 Å². The van der Waals surface area contributed by atoms with Gasteiger partial charge in [-0.15, -0.1) is 0 Å². The van der Waals surface area contributed by atoms with Crippen molar-refractivity contribution in [2.45, 2.75) is 13.5 Å². The number of hydrogen-bond donors (Lipinski definition) is 0. The lowest BCUT2D eigenvalue weighted by Gasteiger charge is -2.07. The van der Waals surface area contributed by atoms with E-state index in [4.69, 9.17) is 9.47 Å². The number of pyridine rings is 1. The van der Waals surface area contributed by atoms with Crippen molar-refractivity contribution >= 4 is 5.52 Å². The number of rotatable bonds is 4. The zero-order valence-electron chi connectivity index (χ0n) is 11.7. The Morgan fingerprint density at radius 1 is 1.00 bits per heavy atom. The highest BCUT2D eigenvalue weighted by molar-refractivity contribution is 5.68. The topological polar surface area (TPSA) is 22.9 Å². The van der Waals surface area contributed by atoms with E-state index < -0.39 is 0 Å². The fourth-order valence-electron chi connectivity index (χ4n) is 2.44. The molecule has 0 aliphatic heterocycles. The fraction of sp³-hybridized carbons (Fsp3) is 0.176. The van der Waals surface area contributed by atoms with Gasteiger partial charge in [0.1, 0.15) is 6.61 Å². The highest BCUT2D eigenvalue weighted by atomic mass is 16.5. The van der Waals surface area contributed by atoms with Crippen molar-refractivity contribution in [3.05, 3.63) is 65.9 Å². The minimum atomic E-state index is 0.547. The molecule has 2 heterocycles. The molecular formula is C17H17NO2. The molecule has 0 unspecified atom stereocenters. The number of benzene rings is 1. The van der Waals surface area contributed by atoms with Gasteiger partial charge in [-0.3, -0.25) is 4.40 Å². The Morgan fingerprint density at radius 3 is 2.50 bits per heavy atom. The summed E-state index contributed by atoms with van der Waals surface area (Å²) in [6, 6.07) is 16.2. The Labute approximate surface area is 118 Å². The van der Waals surface area contributed by atoms with Crippen LogP contribution in [0.4, 0.5) is 0 Å². The SMILES string of the molecule is COc1c(C)c(OCc2ccccc2)n2ccccc12. The summed E-state index contributed by atoms with van der Waals surface area (Å²) in [6.45, 7) is 2.57. The molecule has 3 heteroatoms. The van der Waals surface area contributed by atoms with Crippen LogP contribution in [0.5, 0.6) is 11.6 Å². The molecule has 0 saturated heterocycles. The first kappa shape index (κ1) is 12.6. The van der Waals surface area contributed by atoms with E-state index in [0.29, 0.717) is 6.61 Å². The summed E-state index contributed by atoms with van der Waals surface area (Å²) < 4.78 is 13.5. The molecule has 0 N–H and O–H groups in total. The highest BCUT2D eigenvalue weighted by Gasteiger charge is 2.16. The van der Waals surface area contributed by atoms with Crippen LogP contribution in [0.15, 0.2) is 54.7 Å². The molecule has 1 aromatic carbocycles. The van der Waals surface area contributed by atoms with Crippen LogP contribution in [-0.4, -0.2) is 11.5 Å². The first-order chi connectivity index (χ1) is 9.81. The summed E-state index contributed by atoms with van der Waals surface area (Å²) >= 11 is 0. The predicted octanol–water partition coefficient (Wildman–Crippen LogP) is 3.84. The van der Waals surface area contributed by atoms with Gasteiger partial charge in [0.05, 0.1) is 18.2 Å². The van der Waals surface area contributed by atoms with E-state index in [2.05, 4.69) is 12.1 Å². The van der Waals surface area contributed by atoms with Crippen molar-refractivity contribution < 1.29 is 9.47 Å². The van der Waals surface area contributed by atoms with Crippen LogP contribution >= 0.6 is 0 Å². The first-order valence-electron chi connectivity index (χ1n) is 6.61. The van der Waals surface area contributed by atoms with Crippen LogP contribution in [-0.2, 0) is 6.61 Å². The van der Waals surface area contributed by atoms with Gasteiger partial charge in [-0.2, -0.15) is 0 Å². The second-order valence-corrected chi connectivity index (χ2v) is 4.69. The quantitative estimate of drug-likeness (QED) is 0.717. The zero-order chi connectivity index (χ0) is 13.9. The second kappa shape index (κ2) is 5.29. The summed E-state index contributed by atoms with van der Waals surface area (Å²) in [4.78, 5) is 0. The summed E-state index contributed by atoms with van der Waals surface area (Å²) in [5, 5.41) is 0. The number of ether oxygens (including phenoxy) is 2. The van der Waals surface area contributed by atoms with Gasteiger partial charge in [-0.1, -0.05) is 36.4 Å². The average Bonchev–Trinajstić information content (AvgIpc) is 2.77. The van der Waals surface area contributed by atoms with E-state index in [0.717, 1.165) is 28.3 Å². The van der Waals surface area contributed by atoms with Gasteiger partial charge in [0, 0.05) is 6.20 Å². The van der Waals surface area contributed by atoms with E-state index >= 15 is 0 Å². The summed E-state index contributed by atoms with van der Waals surface area (Å²) in [7, 11) is 1.69. The summed E-state index contributed by atoms with van der Waals surface area (Å²) in [5.41, 5.74) is 3.20. The molecular weight excluding hydrogens is 250 g/mol. The summed E-state index contributed by atoms with van der Waals surface area (Å²) in [6.07, 6.45) is 1.99. The number of aromatic nitrogens is 1. The van der Waals surface area contributed by atoms with Crippen LogP contribution in [0.1, 0.15) is 11.1 Å². The molecule has 0 aliphatic carbocycles. The Hall–Kier alpha value is -2.42. The molecule has 3 aromatic rings. The number of methoxy groups -OCH3 is 1. The predicted molar refractivity (Wildman–Crippen MR) is 79.5 cm³/mol. The third-order valence-corrected chi connectivity index (χ3v) is 3.40. The molecule has 0 spiro atoms. The third-order valence-electron chi connectivity index (χ3n) is 3.40. The van der Waals surface area contributed by atoms with E-state index in [-0.39, 0.29) is 0 Å². The molecule has 3 nitrogen and oxygen atoms in total. The smallest absolute Gasteiger partial charge is 0.205 e. The molecule has 0 atom stereocenters. The Balaban J connectivity index is 1.97. The Morgan fingerprint density at radius 2 is 1.75 bits per heavy atom. The van der Waals surface area contributed by atoms with Crippen molar-refractivity contribution in [2.24, 2.45) is 0 Å². The van der Waals surface area contributed by atoms with Gasteiger partial charge in [0.25, 0.3) is 0 Å². The highest BCUT2D eigenvalue weighted by Crippen LogP contribution is 2.35. The minimum absolute atomic E-state index is 0.547. The third kappa shape index (κ3) is 2.11. The molecule has 20 heavy (non-hydrogen) atoms. The standard InChI is InChI=1S/C17H17NO2/c1-13-16(19-2)15-10-6-7-11-18(15)17(13)20-12-14-8-4-3-5-9-14/h3-11H,12H2,1-2H3. The van der Waals surface area contributed by atoms with Gasteiger partial charge < -0.3 is 9.47 Å². The van der Waals surface area contributed by atoms with Crippen molar-refractivity contribution in [1.82, 2.24) is 4.40 Å². The minimum Gasteiger partial charge on any atom is -0.494 e. The van der Waals surface area contributed by atoms with Gasteiger partial charge >= 0.3 is 0 Å². The lowest BCUT2D eigenvalue weighted by molar-refractivity contribution is 0.288. The van der Waals surface area contributed by atoms with E-state index in [1.54, 1.807) is 7.11 Å². The largest absolute Gasteiger partial charge is 0.494 e. The molecule has 102 valence electrons. The number of hydrogen-bond acceptors (Lipinski definition) is 2. The molecule has 0 fully saturated rings. The van der Waals surface area contributed by atoms with Gasteiger partial charge in [0.2, 0.25) is 5.88 Å². The maximum atomic E-state index is 6.00. The van der Waals surface area contributed by atoms with Crippen LogP contribution < -0.4 is 9.47 Å². The molecule has 3 rings (SSSR count). The van der Waals surface area contributed by atoms with Crippen LogP contribution in [0.2, 0.25) is 0 Å². The fourth-order valence-corrected chi connectivity index (χ4v) is 2.44. The summed E-state index contributed by atoms with van der Waals surface area (Å²) in [5.74, 6) is 1.70. The van der Waals surface area contributed by atoms with Gasteiger partial charge in [-0.25, -0.2) is 0 Å². The van der Waals surface area contributed by atoms with Crippen LogP contribution in [0.25, 0.3) is 5.52 Å². The first-order valence-corrected chi connectivity index (χ1v) is 6.61. The molecule has 0 bridgehead atoms. The molecule has 0 saturated carbocycles. The van der Waals surface area contributed by atoms with Crippen LogP contribution in [0.3, 0.4) is 0 Å². The van der Waals surface area contributed by atoms with Crippen molar-refractivity contribution in [2.75, 3.05) is 7.11 Å². The Kier molecular flexibility index (Phi) is 3.33. The normalized spacial score (nSPS) is 10.7. The lowest BCUT2D eigenvalue weighted by Crippen LogP contribution is -1.98. The van der Waals surface area contributed by atoms with Crippen molar-refractivity contribution in [3.63, 3.8) is 0 Å². The van der Waals surface area contributed by atoms with Gasteiger partial charge in [-0.05, 0) is 24.6 Å². The van der Waals surface area contributed by atoms with Crippen molar-refractivity contribution in [1.29, 1.82) is 0 Å². The molecule has 0 amide bonds. The van der Waals surface area contributed by atoms with Gasteiger partial charge in [0.15, 0.2) is 5.75 Å². The molecule has 0 aliphatic rings. The molecule has 2 aromatic heterocycles. The maximum absolute atomic E-state index is 6.00. The Bertz CT molecular complexity index is 716. The average molecular weight is 267 g/mol. The monoisotopic (exact) mass is 267 g/mol. The maximum Gasteiger partial charge on any atom is 0.205 e. The van der Waals surface area contributed by atoms with E-state index in [9.17, 15) is 0 Å². The van der Waals surface area contributed by atoms with E-state index in [1.165, 1.54) is 0 Å². The number of nitrogens with zero attached hydrogens (tertiary/aromatic N) is 1. The lowest BCUT2D eigenvalue weighted by atomic mass is 10.2. The number of fused-ring (bicyclic) bond motifs is 1.